The Labute approximate surface area is 195 Å². The number of anilines is 1. The first-order valence-electron chi connectivity index (χ1n) is 9.92. The van der Waals surface area contributed by atoms with Crippen molar-refractivity contribution >= 4 is 55.4 Å². The fourth-order valence-corrected chi connectivity index (χ4v) is 4.83. The standard InChI is InChI=1S/C21H21FN6O3S2/c1-21(2,3)18-25-15-14(17(30)28(5)20(31)27(15)4)16(26-18)32-9-13(29)24-19-23-11-7-6-10(22)8-12(11)33-19/h6-8H,9H2,1-5H3,(H,23,24,29). The highest BCUT2D eigenvalue weighted by atomic mass is 32.2. The Bertz CT molecular complexity index is 1530. The van der Waals surface area contributed by atoms with Gasteiger partial charge in [-0.2, -0.15) is 0 Å². The van der Waals surface area contributed by atoms with Crippen LogP contribution in [0.15, 0.2) is 32.8 Å². The number of aromatic nitrogens is 5. The van der Waals surface area contributed by atoms with Crippen molar-refractivity contribution in [1.82, 2.24) is 24.1 Å². The van der Waals surface area contributed by atoms with Crippen LogP contribution in [0.2, 0.25) is 0 Å². The van der Waals surface area contributed by atoms with Crippen molar-refractivity contribution in [2.75, 3.05) is 11.1 Å². The molecule has 172 valence electrons. The van der Waals surface area contributed by atoms with E-state index in [9.17, 15) is 18.8 Å². The molecule has 33 heavy (non-hydrogen) atoms. The summed E-state index contributed by atoms with van der Waals surface area (Å²) in [6, 6.07) is 4.22. The monoisotopic (exact) mass is 488 g/mol. The molecule has 0 aliphatic heterocycles. The number of fused-ring (bicyclic) bond motifs is 2. The van der Waals surface area contributed by atoms with Crippen molar-refractivity contribution < 1.29 is 9.18 Å². The van der Waals surface area contributed by atoms with E-state index in [0.29, 0.717) is 26.2 Å². The molecule has 1 N–H and O–H groups in total. The Hall–Kier alpha value is -3.12. The second-order valence-electron chi connectivity index (χ2n) is 8.47. The Kier molecular flexibility index (Phi) is 5.83. The van der Waals surface area contributed by atoms with Crippen LogP contribution >= 0.6 is 23.1 Å². The van der Waals surface area contributed by atoms with Gasteiger partial charge in [-0.25, -0.2) is 24.1 Å². The summed E-state index contributed by atoms with van der Waals surface area (Å²) >= 11 is 2.25. The first-order valence-corrected chi connectivity index (χ1v) is 11.7. The lowest BCUT2D eigenvalue weighted by Gasteiger charge is -2.19. The molecule has 0 aliphatic rings. The van der Waals surface area contributed by atoms with Crippen LogP contribution in [0.3, 0.4) is 0 Å². The molecule has 0 fully saturated rings. The normalized spacial score (nSPS) is 11.9. The zero-order valence-corrected chi connectivity index (χ0v) is 20.2. The van der Waals surface area contributed by atoms with Crippen molar-refractivity contribution in [2.24, 2.45) is 14.1 Å². The second-order valence-corrected chi connectivity index (χ2v) is 10.5. The van der Waals surface area contributed by atoms with Gasteiger partial charge in [0.1, 0.15) is 22.1 Å². The number of thioether (sulfide) groups is 1. The minimum Gasteiger partial charge on any atom is -0.301 e. The van der Waals surface area contributed by atoms with Gasteiger partial charge in [-0.1, -0.05) is 43.9 Å². The largest absolute Gasteiger partial charge is 0.332 e. The van der Waals surface area contributed by atoms with E-state index in [-0.39, 0.29) is 28.5 Å². The Morgan fingerprint density at radius 2 is 1.88 bits per heavy atom. The number of nitrogens with zero attached hydrogens (tertiary/aromatic N) is 5. The molecule has 12 heteroatoms. The highest BCUT2D eigenvalue weighted by molar-refractivity contribution is 8.00. The van der Waals surface area contributed by atoms with Crippen LogP contribution in [0, 0.1) is 5.82 Å². The topological polar surface area (TPSA) is 112 Å². The third-order valence-electron chi connectivity index (χ3n) is 4.87. The van der Waals surface area contributed by atoms with E-state index in [1.54, 1.807) is 13.1 Å². The van der Waals surface area contributed by atoms with Gasteiger partial charge in [0.05, 0.1) is 16.0 Å². The lowest BCUT2D eigenvalue weighted by Crippen LogP contribution is -2.38. The number of nitrogens with one attached hydrogen (secondary N) is 1. The molecular weight excluding hydrogens is 467 g/mol. The molecule has 0 saturated carbocycles. The number of carbonyl (C=O) groups is 1. The summed E-state index contributed by atoms with van der Waals surface area (Å²) in [6.45, 7) is 5.76. The molecule has 0 unspecified atom stereocenters. The fourth-order valence-electron chi connectivity index (χ4n) is 3.11. The first kappa shape index (κ1) is 23.1. The molecule has 1 amide bonds. The number of halogens is 1. The van der Waals surface area contributed by atoms with Gasteiger partial charge in [-0.15, -0.1) is 0 Å². The molecule has 1 aromatic carbocycles. The van der Waals surface area contributed by atoms with E-state index in [4.69, 9.17) is 0 Å². The minimum atomic E-state index is -0.523. The zero-order chi connectivity index (χ0) is 24.1. The van der Waals surface area contributed by atoms with Crippen molar-refractivity contribution in [2.45, 2.75) is 31.2 Å². The van der Waals surface area contributed by atoms with Gasteiger partial charge in [-0.3, -0.25) is 18.7 Å². The van der Waals surface area contributed by atoms with Gasteiger partial charge < -0.3 is 5.32 Å². The van der Waals surface area contributed by atoms with Gasteiger partial charge in [0.2, 0.25) is 5.91 Å². The summed E-state index contributed by atoms with van der Waals surface area (Å²) in [5, 5.41) is 3.56. The summed E-state index contributed by atoms with van der Waals surface area (Å²) in [4.78, 5) is 51.2. The van der Waals surface area contributed by atoms with Gasteiger partial charge in [0.25, 0.3) is 5.56 Å². The quantitative estimate of drug-likeness (QED) is 0.347. The highest BCUT2D eigenvalue weighted by Gasteiger charge is 2.24. The molecule has 9 nitrogen and oxygen atoms in total. The van der Waals surface area contributed by atoms with Gasteiger partial charge in [0.15, 0.2) is 10.8 Å². The summed E-state index contributed by atoms with van der Waals surface area (Å²) < 4.78 is 16.3. The van der Waals surface area contributed by atoms with E-state index in [0.717, 1.165) is 16.3 Å². The van der Waals surface area contributed by atoms with E-state index in [1.807, 2.05) is 20.8 Å². The fraction of sp³-hybridized carbons (Fsp3) is 0.333. The molecule has 0 bridgehead atoms. The van der Waals surface area contributed by atoms with E-state index < -0.39 is 16.7 Å². The smallest absolute Gasteiger partial charge is 0.301 e. The van der Waals surface area contributed by atoms with Crippen LogP contribution in [0.4, 0.5) is 9.52 Å². The lowest BCUT2D eigenvalue weighted by molar-refractivity contribution is -0.113. The molecule has 4 aromatic rings. The number of amides is 1. The average Bonchev–Trinajstić information content (AvgIpc) is 3.14. The number of aryl methyl sites for hydroxylation is 1. The molecular formula is C21H21FN6O3S2. The van der Waals surface area contributed by atoms with Crippen LogP contribution in [0.5, 0.6) is 0 Å². The van der Waals surface area contributed by atoms with Gasteiger partial charge in [-0.05, 0) is 18.2 Å². The number of thiazole rings is 1. The number of carbonyl (C=O) groups excluding carboxylic acids is 1. The van der Waals surface area contributed by atoms with Gasteiger partial charge in [0, 0.05) is 19.5 Å². The van der Waals surface area contributed by atoms with Crippen LogP contribution in [0.25, 0.3) is 21.3 Å². The maximum absolute atomic E-state index is 13.4. The Morgan fingerprint density at radius 1 is 1.15 bits per heavy atom. The van der Waals surface area contributed by atoms with Crippen LogP contribution < -0.4 is 16.6 Å². The van der Waals surface area contributed by atoms with Crippen molar-refractivity contribution in [3.8, 4) is 0 Å². The van der Waals surface area contributed by atoms with Crippen LogP contribution in [0.1, 0.15) is 26.6 Å². The maximum atomic E-state index is 13.4. The SMILES string of the molecule is Cn1c(=O)c2c(SCC(=O)Nc3nc4ccc(F)cc4s3)nc(C(C)(C)C)nc2n(C)c1=O. The van der Waals surface area contributed by atoms with Gasteiger partial charge >= 0.3 is 5.69 Å². The van der Waals surface area contributed by atoms with Crippen LogP contribution in [-0.4, -0.2) is 35.7 Å². The first-order chi connectivity index (χ1) is 15.5. The summed E-state index contributed by atoms with van der Waals surface area (Å²) in [6.07, 6.45) is 0. The Balaban J connectivity index is 1.67. The van der Waals surface area contributed by atoms with Crippen molar-refractivity contribution in [3.05, 3.63) is 50.7 Å². The summed E-state index contributed by atoms with van der Waals surface area (Å²) in [7, 11) is 2.93. The third kappa shape index (κ3) is 4.40. The van der Waals surface area contributed by atoms with Crippen molar-refractivity contribution in [1.29, 1.82) is 0 Å². The molecule has 3 aromatic heterocycles. The molecule has 0 radical (unpaired) electrons. The average molecular weight is 489 g/mol. The van der Waals surface area contributed by atoms with E-state index in [1.165, 1.54) is 35.1 Å². The molecule has 0 aliphatic carbocycles. The third-order valence-corrected chi connectivity index (χ3v) is 6.78. The predicted octanol–water partition coefficient (Wildman–Crippen LogP) is 2.80. The van der Waals surface area contributed by atoms with Crippen LogP contribution in [-0.2, 0) is 24.3 Å². The molecule has 0 atom stereocenters. The maximum Gasteiger partial charge on any atom is 0.332 e. The molecule has 4 rings (SSSR count). The number of hydrogen-bond donors (Lipinski definition) is 1. The Morgan fingerprint density at radius 3 is 2.58 bits per heavy atom. The van der Waals surface area contributed by atoms with E-state index in [2.05, 4.69) is 20.3 Å². The minimum absolute atomic E-state index is 0.0496. The number of benzene rings is 1. The second kappa shape index (κ2) is 8.34. The van der Waals surface area contributed by atoms with E-state index >= 15 is 0 Å². The summed E-state index contributed by atoms with van der Waals surface area (Å²) in [5.41, 5.74) is -0.653. The molecule has 3 heterocycles. The number of hydrogen-bond acceptors (Lipinski definition) is 8. The predicted molar refractivity (Wildman–Crippen MR) is 128 cm³/mol. The zero-order valence-electron chi connectivity index (χ0n) is 18.6. The highest BCUT2D eigenvalue weighted by Crippen LogP contribution is 2.29. The molecule has 0 spiro atoms. The lowest BCUT2D eigenvalue weighted by atomic mass is 9.96. The molecule has 0 saturated heterocycles. The summed E-state index contributed by atoms with van der Waals surface area (Å²) in [5.74, 6) is -0.327. The van der Waals surface area contributed by atoms with Crippen molar-refractivity contribution in [3.63, 3.8) is 0 Å². The number of rotatable bonds is 4.